The first kappa shape index (κ1) is 11.2. The number of hydrogen-bond donors (Lipinski definition) is 1. The fraction of sp³-hybridized carbons (Fsp3) is 0.444. The predicted molar refractivity (Wildman–Crippen MR) is 54.8 cm³/mol. The van der Waals surface area contributed by atoms with E-state index in [9.17, 15) is 9.18 Å². The highest BCUT2D eigenvalue weighted by Crippen LogP contribution is 2.30. The van der Waals surface area contributed by atoms with E-state index < -0.39 is 10.7 Å². The summed E-state index contributed by atoms with van der Waals surface area (Å²) in [4.78, 5) is 11.0. The Kier molecular flexibility index (Phi) is 3.69. The Labute approximate surface area is 90.1 Å². The van der Waals surface area contributed by atoms with Crippen LogP contribution in [0.4, 0.5) is 9.18 Å². The lowest BCUT2D eigenvalue weighted by atomic mass is 10.1. The molecule has 5 heteroatoms. The molecule has 1 rings (SSSR count). The lowest BCUT2D eigenvalue weighted by Gasteiger charge is -2.17. The van der Waals surface area contributed by atoms with Gasteiger partial charge in [0.05, 0.1) is 6.61 Å². The number of rotatable bonds is 2. The van der Waals surface area contributed by atoms with Crippen LogP contribution in [0.1, 0.15) is 13.3 Å². The number of carbonyl (C=O) groups excluding carboxylic acids is 1. The van der Waals surface area contributed by atoms with Gasteiger partial charge in [-0.05, 0) is 35.0 Å². The van der Waals surface area contributed by atoms with Crippen LogP contribution in [0.25, 0.3) is 0 Å². The van der Waals surface area contributed by atoms with Crippen molar-refractivity contribution >= 4 is 22.0 Å². The Morgan fingerprint density at radius 2 is 2.57 bits per heavy atom. The van der Waals surface area contributed by atoms with E-state index in [2.05, 4.69) is 26.0 Å². The van der Waals surface area contributed by atoms with Crippen molar-refractivity contribution in [2.24, 2.45) is 0 Å². The van der Waals surface area contributed by atoms with Crippen molar-refractivity contribution in [1.29, 1.82) is 0 Å². The summed E-state index contributed by atoms with van der Waals surface area (Å²) in [7, 11) is 0. The maximum atomic E-state index is 13.2. The molecule has 0 saturated carbocycles. The zero-order valence-electron chi connectivity index (χ0n) is 7.72. The van der Waals surface area contributed by atoms with E-state index in [1.165, 1.54) is 12.2 Å². The third-order valence-corrected chi connectivity index (χ3v) is 2.21. The molecule has 0 bridgehead atoms. The van der Waals surface area contributed by atoms with Crippen molar-refractivity contribution in [1.82, 2.24) is 5.32 Å². The number of amides is 1. The monoisotopic (exact) mass is 263 g/mol. The smallest absolute Gasteiger partial charge is 0.411 e. The van der Waals surface area contributed by atoms with Crippen LogP contribution in [0.5, 0.6) is 0 Å². The second kappa shape index (κ2) is 4.59. The number of ether oxygens (including phenoxy) is 1. The lowest BCUT2D eigenvalue weighted by molar-refractivity contribution is 0.155. The summed E-state index contributed by atoms with van der Waals surface area (Å²) in [5.41, 5.74) is 0.552. The molecule has 1 amide bonds. The Morgan fingerprint density at radius 1 is 1.86 bits per heavy atom. The van der Waals surface area contributed by atoms with E-state index in [1.807, 2.05) is 0 Å². The van der Waals surface area contributed by atoms with Crippen LogP contribution in [0.2, 0.25) is 0 Å². The van der Waals surface area contributed by atoms with Gasteiger partial charge in [-0.15, -0.1) is 0 Å². The SMILES string of the molecule is CCOC(=O)NC1=CCC(F)(Br)C=C1. The van der Waals surface area contributed by atoms with Crippen molar-refractivity contribution in [2.75, 3.05) is 6.61 Å². The predicted octanol–water partition coefficient (Wildman–Crippen LogP) is 2.64. The number of allylic oxidation sites excluding steroid dienone is 3. The molecule has 1 unspecified atom stereocenters. The molecule has 0 fully saturated rings. The minimum Gasteiger partial charge on any atom is -0.450 e. The lowest BCUT2D eigenvalue weighted by Crippen LogP contribution is -2.25. The molecule has 1 aliphatic carbocycles. The van der Waals surface area contributed by atoms with E-state index >= 15 is 0 Å². The maximum absolute atomic E-state index is 13.2. The molecule has 0 aromatic carbocycles. The van der Waals surface area contributed by atoms with Crippen LogP contribution in [0.3, 0.4) is 0 Å². The van der Waals surface area contributed by atoms with Crippen LogP contribution >= 0.6 is 15.9 Å². The van der Waals surface area contributed by atoms with Crippen molar-refractivity contribution in [3.05, 3.63) is 23.9 Å². The summed E-state index contributed by atoms with van der Waals surface area (Å²) in [6, 6.07) is 0. The number of alkyl halides is 2. The van der Waals surface area contributed by atoms with Crippen LogP contribution in [0, 0.1) is 0 Å². The van der Waals surface area contributed by atoms with Crippen LogP contribution in [-0.2, 0) is 4.74 Å². The van der Waals surface area contributed by atoms with Crippen molar-refractivity contribution in [3.8, 4) is 0 Å². The van der Waals surface area contributed by atoms with Gasteiger partial charge >= 0.3 is 6.09 Å². The van der Waals surface area contributed by atoms with Crippen molar-refractivity contribution in [3.63, 3.8) is 0 Å². The van der Waals surface area contributed by atoms with Gasteiger partial charge in [0.25, 0.3) is 0 Å². The normalized spacial score (nSPS) is 25.5. The number of carbonyl (C=O) groups is 1. The van der Waals surface area contributed by atoms with Crippen LogP contribution in [0.15, 0.2) is 23.9 Å². The third-order valence-electron chi connectivity index (χ3n) is 1.62. The van der Waals surface area contributed by atoms with Gasteiger partial charge < -0.3 is 4.74 Å². The molecule has 0 aromatic heterocycles. The summed E-state index contributed by atoms with van der Waals surface area (Å²) in [6.45, 7) is 2.03. The number of alkyl carbamates (subject to hydrolysis) is 1. The average molecular weight is 264 g/mol. The van der Waals surface area contributed by atoms with E-state index in [4.69, 9.17) is 0 Å². The molecule has 0 heterocycles. The molecule has 1 aliphatic rings. The molecule has 14 heavy (non-hydrogen) atoms. The van der Waals surface area contributed by atoms with Gasteiger partial charge in [0.2, 0.25) is 0 Å². The minimum absolute atomic E-state index is 0.186. The Bertz CT molecular complexity index is 287. The largest absolute Gasteiger partial charge is 0.450 e. The zero-order chi connectivity index (χ0) is 10.6. The molecule has 0 aliphatic heterocycles. The Hall–Kier alpha value is -0.840. The number of halogens is 2. The summed E-state index contributed by atoms with van der Waals surface area (Å²) >= 11 is 2.87. The van der Waals surface area contributed by atoms with Gasteiger partial charge in [-0.2, -0.15) is 0 Å². The van der Waals surface area contributed by atoms with Gasteiger partial charge in [0.1, 0.15) is 0 Å². The quantitative estimate of drug-likeness (QED) is 0.778. The van der Waals surface area contributed by atoms with E-state index in [-0.39, 0.29) is 6.42 Å². The first-order valence-corrected chi connectivity index (χ1v) is 5.04. The van der Waals surface area contributed by atoms with E-state index in [1.54, 1.807) is 13.0 Å². The molecule has 3 nitrogen and oxygen atoms in total. The highest BCUT2D eigenvalue weighted by Gasteiger charge is 2.23. The molecular formula is C9H11BrFNO2. The average Bonchev–Trinajstić information content (AvgIpc) is 2.09. The van der Waals surface area contributed by atoms with E-state index in [0.29, 0.717) is 12.3 Å². The minimum atomic E-state index is -1.49. The standard InChI is InChI=1S/C9H11BrFNO2/c1-2-14-8(13)12-7-3-5-9(10,11)6-4-7/h3-5H,2,6H2,1H3,(H,12,13). The van der Waals surface area contributed by atoms with Gasteiger partial charge in [-0.3, -0.25) is 5.32 Å². The zero-order valence-corrected chi connectivity index (χ0v) is 9.30. The Balaban J connectivity index is 2.46. The highest BCUT2D eigenvalue weighted by molar-refractivity contribution is 9.10. The van der Waals surface area contributed by atoms with Crippen LogP contribution < -0.4 is 5.32 Å². The second-order valence-corrected chi connectivity index (χ2v) is 4.12. The second-order valence-electron chi connectivity index (χ2n) is 2.80. The van der Waals surface area contributed by atoms with Crippen LogP contribution in [-0.4, -0.2) is 17.3 Å². The molecule has 0 saturated heterocycles. The number of nitrogens with one attached hydrogen (secondary N) is 1. The molecule has 0 spiro atoms. The number of hydrogen-bond acceptors (Lipinski definition) is 2. The molecule has 78 valence electrons. The maximum Gasteiger partial charge on any atom is 0.411 e. The molecule has 1 atom stereocenters. The Morgan fingerprint density at radius 3 is 3.07 bits per heavy atom. The highest BCUT2D eigenvalue weighted by atomic mass is 79.9. The van der Waals surface area contributed by atoms with Crippen molar-refractivity contribution in [2.45, 2.75) is 17.9 Å². The summed E-state index contributed by atoms with van der Waals surface area (Å²) < 4.78 is 16.3. The first-order chi connectivity index (χ1) is 6.53. The fourth-order valence-corrected chi connectivity index (χ4v) is 1.27. The molecule has 0 aromatic rings. The van der Waals surface area contributed by atoms with E-state index in [0.717, 1.165) is 0 Å². The third kappa shape index (κ3) is 3.49. The summed E-state index contributed by atoms with van der Waals surface area (Å²) in [5, 5.41) is 2.48. The molecular weight excluding hydrogens is 253 g/mol. The topological polar surface area (TPSA) is 38.3 Å². The van der Waals surface area contributed by atoms with Gasteiger partial charge in [-0.25, -0.2) is 9.18 Å². The van der Waals surface area contributed by atoms with Gasteiger partial charge in [0.15, 0.2) is 4.58 Å². The van der Waals surface area contributed by atoms with Gasteiger partial charge in [-0.1, -0.05) is 6.08 Å². The molecule has 1 N–H and O–H groups in total. The molecule has 0 radical (unpaired) electrons. The fourth-order valence-electron chi connectivity index (χ4n) is 0.972. The first-order valence-electron chi connectivity index (χ1n) is 4.24. The summed E-state index contributed by atoms with van der Waals surface area (Å²) in [5.74, 6) is 0. The van der Waals surface area contributed by atoms with Crippen molar-refractivity contribution < 1.29 is 13.9 Å². The summed E-state index contributed by atoms with van der Waals surface area (Å²) in [6.07, 6.45) is 4.09. The van der Waals surface area contributed by atoms with Gasteiger partial charge in [0, 0.05) is 12.1 Å².